The van der Waals surface area contributed by atoms with Gasteiger partial charge in [-0.3, -0.25) is 0 Å². The van der Waals surface area contributed by atoms with Crippen molar-refractivity contribution in [3.8, 4) is 17.6 Å². The van der Waals surface area contributed by atoms with E-state index in [4.69, 9.17) is 9.84 Å². The highest BCUT2D eigenvalue weighted by molar-refractivity contribution is 5.44. The van der Waals surface area contributed by atoms with E-state index in [0.29, 0.717) is 18.4 Å². The van der Waals surface area contributed by atoms with Crippen LogP contribution < -0.4 is 4.74 Å². The van der Waals surface area contributed by atoms with Crippen molar-refractivity contribution >= 4 is 0 Å². The molecule has 1 aromatic carbocycles. The minimum absolute atomic E-state index is 0.118. The molecular weight excluding hydrogens is 260 g/mol. The van der Waals surface area contributed by atoms with Crippen molar-refractivity contribution in [3.63, 3.8) is 0 Å². The quantitative estimate of drug-likeness (QED) is 0.845. The fraction of sp³-hybridized carbons (Fsp3) is 0.579. The fourth-order valence-corrected chi connectivity index (χ4v) is 3.03. The Kier molecular flexibility index (Phi) is 6.14. The molecule has 2 unspecified atom stereocenters. The van der Waals surface area contributed by atoms with E-state index in [1.807, 2.05) is 12.1 Å². The van der Waals surface area contributed by atoms with Gasteiger partial charge in [-0.25, -0.2) is 0 Å². The second-order valence-electron chi connectivity index (χ2n) is 5.86. The van der Waals surface area contributed by atoms with Crippen molar-refractivity contribution in [3.05, 3.63) is 29.3 Å². The van der Waals surface area contributed by atoms with Gasteiger partial charge in [0.2, 0.25) is 0 Å². The Bertz CT molecular complexity index is 510. The molecule has 114 valence electrons. The van der Waals surface area contributed by atoms with Crippen LogP contribution in [0.15, 0.2) is 18.2 Å². The molecule has 0 aromatic heterocycles. The lowest BCUT2D eigenvalue weighted by molar-refractivity contribution is 0.0903. The first-order valence-electron chi connectivity index (χ1n) is 8.11. The zero-order valence-electron chi connectivity index (χ0n) is 13.2. The molecule has 1 aliphatic carbocycles. The van der Waals surface area contributed by atoms with Gasteiger partial charge in [0, 0.05) is 12.0 Å². The van der Waals surface area contributed by atoms with Crippen molar-refractivity contribution in [1.82, 2.24) is 0 Å². The molecule has 21 heavy (non-hydrogen) atoms. The third kappa shape index (κ3) is 4.51. The van der Waals surface area contributed by atoms with E-state index in [1.165, 1.54) is 32.1 Å². The normalized spacial score (nSPS) is 21.5. The van der Waals surface area contributed by atoms with Crippen LogP contribution in [0.25, 0.3) is 0 Å². The Morgan fingerprint density at radius 1 is 1.29 bits per heavy atom. The number of aliphatic hydroxyl groups excluding tert-OH is 1. The summed E-state index contributed by atoms with van der Waals surface area (Å²) in [5, 5.41) is 8.77. The van der Waals surface area contributed by atoms with E-state index < -0.39 is 0 Å². The summed E-state index contributed by atoms with van der Waals surface area (Å²) in [6.45, 7) is 4.44. The molecule has 2 heteroatoms. The summed E-state index contributed by atoms with van der Waals surface area (Å²) in [5.41, 5.74) is 2.16. The maximum Gasteiger partial charge on any atom is 0.120 e. The molecule has 2 nitrogen and oxygen atoms in total. The number of ether oxygens (including phenoxy) is 1. The van der Waals surface area contributed by atoms with Gasteiger partial charge in [-0.1, -0.05) is 25.2 Å². The molecule has 0 bridgehead atoms. The topological polar surface area (TPSA) is 29.5 Å². The third-order valence-corrected chi connectivity index (χ3v) is 4.31. The van der Waals surface area contributed by atoms with Gasteiger partial charge in [0.05, 0.1) is 6.61 Å². The Morgan fingerprint density at radius 2 is 2.10 bits per heavy atom. The average molecular weight is 286 g/mol. The molecule has 1 aromatic rings. The molecule has 0 amide bonds. The van der Waals surface area contributed by atoms with Crippen molar-refractivity contribution in [1.29, 1.82) is 0 Å². The standard InChI is InChI=1S/C19H26O2/c1-3-16-8-4-5-10-19(16)21-18-12-11-17(15(2)14-18)9-6-7-13-20/h11-12,14,16,19-20H,3-5,7-8,10,13H2,1-2H3. The van der Waals surface area contributed by atoms with Crippen LogP contribution in [0.1, 0.15) is 56.6 Å². The lowest BCUT2D eigenvalue weighted by Gasteiger charge is -2.31. The van der Waals surface area contributed by atoms with Gasteiger partial charge in [-0.05, 0) is 62.3 Å². The zero-order valence-corrected chi connectivity index (χ0v) is 13.2. The highest BCUT2D eigenvalue weighted by Gasteiger charge is 2.25. The summed E-state index contributed by atoms with van der Waals surface area (Å²) in [6.07, 6.45) is 7.20. The Labute approximate surface area is 128 Å². The van der Waals surface area contributed by atoms with Crippen LogP contribution in [0.2, 0.25) is 0 Å². The molecule has 1 aliphatic rings. The average Bonchev–Trinajstić information content (AvgIpc) is 2.50. The molecule has 0 aliphatic heterocycles. The molecule has 1 fully saturated rings. The number of hydrogen-bond acceptors (Lipinski definition) is 2. The van der Waals surface area contributed by atoms with Crippen LogP contribution in [0, 0.1) is 24.7 Å². The Hall–Kier alpha value is -1.46. The number of benzene rings is 1. The summed E-state index contributed by atoms with van der Waals surface area (Å²) in [6, 6.07) is 6.14. The third-order valence-electron chi connectivity index (χ3n) is 4.31. The van der Waals surface area contributed by atoms with E-state index >= 15 is 0 Å². The maximum atomic E-state index is 8.77. The van der Waals surface area contributed by atoms with E-state index in [1.54, 1.807) is 0 Å². The minimum Gasteiger partial charge on any atom is -0.490 e. The van der Waals surface area contributed by atoms with Crippen LogP contribution in [-0.4, -0.2) is 17.8 Å². The second kappa shape index (κ2) is 8.10. The van der Waals surface area contributed by atoms with Crippen molar-refractivity contribution in [2.75, 3.05) is 6.61 Å². The van der Waals surface area contributed by atoms with Gasteiger partial charge in [0.25, 0.3) is 0 Å². The molecule has 2 atom stereocenters. The second-order valence-corrected chi connectivity index (χ2v) is 5.86. The minimum atomic E-state index is 0.118. The smallest absolute Gasteiger partial charge is 0.120 e. The lowest BCUT2D eigenvalue weighted by atomic mass is 9.85. The summed E-state index contributed by atoms with van der Waals surface area (Å²) in [5.74, 6) is 7.73. The highest BCUT2D eigenvalue weighted by Crippen LogP contribution is 2.31. The molecule has 0 radical (unpaired) electrons. The van der Waals surface area contributed by atoms with E-state index in [0.717, 1.165) is 16.9 Å². The first kappa shape index (κ1) is 15.9. The van der Waals surface area contributed by atoms with E-state index in [2.05, 4.69) is 31.8 Å². The summed E-state index contributed by atoms with van der Waals surface area (Å²) >= 11 is 0. The van der Waals surface area contributed by atoms with Crippen LogP contribution in [0.5, 0.6) is 5.75 Å². The van der Waals surface area contributed by atoms with Gasteiger partial charge in [-0.15, -0.1) is 0 Å². The van der Waals surface area contributed by atoms with Gasteiger partial charge >= 0.3 is 0 Å². The number of rotatable bonds is 4. The van der Waals surface area contributed by atoms with E-state index in [-0.39, 0.29) is 6.61 Å². The summed E-state index contributed by atoms with van der Waals surface area (Å²) in [4.78, 5) is 0. The first-order chi connectivity index (χ1) is 10.2. The Morgan fingerprint density at radius 3 is 2.81 bits per heavy atom. The van der Waals surface area contributed by atoms with Gasteiger partial charge in [-0.2, -0.15) is 0 Å². The fourth-order valence-electron chi connectivity index (χ4n) is 3.03. The molecule has 0 saturated heterocycles. The van der Waals surface area contributed by atoms with Gasteiger partial charge in [0.1, 0.15) is 11.9 Å². The maximum absolute atomic E-state index is 8.77. The number of hydrogen-bond donors (Lipinski definition) is 1. The van der Waals surface area contributed by atoms with Crippen molar-refractivity contribution in [2.24, 2.45) is 5.92 Å². The lowest BCUT2D eigenvalue weighted by Crippen LogP contribution is -2.29. The van der Waals surface area contributed by atoms with Crippen LogP contribution in [0.3, 0.4) is 0 Å². The highest BCUT2D eigenvalue weighted by atomic mass is 16.5. The molecule has 2 rings (SSSR count). The molecular formula is C19H26O2. The predicted molar refractivity (Wildman–Crippen MR) is 86.4 cm³/mol. The van der Waals surface area contributed by atoms with E-state index in [9.17, 15) is 0 Å². The predicted octanol–water partition coefficient (Wildman–Crippen LogP) is 4.08. The van der Waals surface area contributed by atoms with Crippen LogP contribution in [-0.2, 0) is 0 Å². The van der Waals surface area contributed by atoms with Crippen molar-refractivity contribution in [2.45, 2.75) is 58.5 Å². The van der Waals surface area contributed by atoms with Crippen LogP contribution >= 0.6 is 0 Å². The Balaban J connectivity index is 2.04. The molecule has 1 saturated carbocycles. The van der Waals surface area contributed by atoms with Crippen molar-refractivity contribution < 1.29 is 9.84 Å². The molecule has 0 heterocycles. The zero-order chi connectivity index (χ0) is 15.1. The summed E-state index contributed by atoms with van der Waals surface area (Å²) in [7, 11) is 0. The SMILES string of the molecule is CCC1CCCCC1Oc1ccc(C#CCCO)c(C)c1. The van der Waals surface area contributed by atoms with Gasteiger partial charge in [0.15, 0.2) is 0 Å². The number of aliphatic hydroxyl groups is 1. The summed E-state index contributed by atoms with van der Waals surface area (Å²) < 4.78 is 6.23. The first-order valence-corrected chi connectivity index (χ1v) is 8.11. The number of aryl methyl sites for hydroxylation is 1. The van der Waals surface area contributed by atoms with Crippen LogP contribution in [0.4, 0.5) is 0 Å². The molecule has 1 N–H and O–H groups in total. The monoisotopic (exact) mass is 286 g/mol. The molecule has 0 spiro atoms. The van der Waals surface area contributed by atoms with Gasteiger partial charge < -0.3 is 9.84 Å². The largest absolute Gasteiger partial charge is 0.490 e.